The fourth-order valence-electron chi connectivity index (χ4n) is 4.98. The Hall–Kier alpha value is -3.43. The van der Waals surface area contributed by atoms with Crippen LogP contribution in [0, 0.1) is 6.92 Å². The van der Waals surface area contributed by atoms with Gasteiger partial charge in [0.1, 0.15) is 18.1 Å². The monoisotopic (exact) mass is 504 g/mol. The molecule has 3 N–H and O–H groups in total. The Balaban J connectivity index is 1.10. The third kappa shape index (κ3) is 6.11. The summed E-state index contributed by atoms with van der Waals surface area (Å²) >= 11 is 0. The Morgan fingerprint density at radius 3 is 2.86 bits per heavy atom. The molecule has 5 rings (SSSR count). The van der Waals surface area contributed by atoms with Crippen LogP contribution in [-0.2, 0) is 26.6 Å². The van der Waals surface area contributed by atoms with Gasteiger partial charge in [-0.25, -0.2) is 0 Å². The first-order valence-electron chi connectivity index (χ1n) is 13.1. The Labute approximate surface area is 217 Å². The number of nitrogens with one attached hydrogen (secondary N) is 2. The molecule has 0 unspecified atom stereocenters. The number of carbonyl (C=O) groups is 1. The SMILES string of the molecule is Cc1c(OCc2ccnn2C)ccc2c1CCN(C[C@@H](O)CNC(=O)c1cc(NC3CCC3)ccn1)C2. The lowest BCUT2D eigenvalue weighted by Crippen LogP contribution is -2.42. The van der Waals surface area contributed by atoms with Gasteiger partial charge in [-0.1, -0.05) is 6.07 Å². The van der Waals surface area contributed by atoms with Crippen LogP contribution >= 0.6 is 0 Å². The molecule has 37 heavy (non-hydrogen) atoms. The first-order valence-corrected chi connectivity index (χ1v) is 13.1. The maximum atomic E-state index is 12.6. The number of nitrogens with zero attached hydrogens (tertiary/aromatic N) is 4. The van der Waals surface area contributed by atoms with Gasteiger partial charge in [-0.15, -0.1) is 0 Å². The van der Waals surface area contributed by atoms with Crippen molar-refractivity contribution in [2.24, 2.45) is 7.05 Å². The number of ether oxygens (including phenoxy) is 1. The molecule has 9 nitrogen and oxygen atoms in total. The van der Waals surface area contributed by atoms with Gasteiger partial charge in [-0.2, -0.15) is 5.10 Å². The number of pyridine rings is 1. The van der Waals surface area contributed by atoms with Crippen molar-refractivity contribution >= 4 is 11.6 Å². The molecular weight excluding hydrogens is 468 g/mol. The van der Waals surface area contributed by atoms with E-state index in [4.69, 9.17) is 4.74 Å². The molecule has 1 fully saturated rings. The number of aliphatic hydroxyl groups excluding tert-OH is 1. The largest absolute Gasteiger partial charge is 0.487 e. The zero-order chi connectivity index (χ0) is 25.8. The zero-order valence-corrected chi connectivity index (χ0v) is 21.6. The second-order valence-electron chi connectivity index (χ2n) is 10.1. The number of β-amino-alcohol motifs (C(OH)–C–C–N with tert-alkyl or cyclic N) is 1. The minimum Gasteiger partial charge on any atom is -0.487 e. The quantitative estimate of drug-likeness (QED) is 0.390. The van der Waals surface area contributed by atoms with Crippen molar-refractivity contribution in [3.8, 4) is 5.75 Å². The van der Waals surface area contributed by atoms with Crippen LogP contribution in [0.3, 0.4) is 0 Å². The number of amides is 1. The smallest absolute Gasteiger partial charge is 0.270 e. The first-order chi connectivity index (χ1) is 18.0. The van der Waals surface area contributed by atoms with E-state index in [1.54, 1.807) is 18.5 Å². The van der Waals surface area contributed by atoms with Crippen molar-refractivity contribution in [1.82, 2.24) is 25.0 Å². The van der Waals surface area contributed by atoms with Crippen LogP contribution < -0.4 is 15.4 Å². The molecule has 2 aliphatic rings. The third-order valence-electron chi connectivity index (χ3n) is 7.45. The fraction of sp³-hybridized carbons (Fsp3) is 0.464. The van der Waals surface area contributed by atoms with Crippen LogP contribution in [0.15, 0.2) is 42.7 Å². The number of hydrogen-bond acceptors (Lipinski definition) is 7. The second-order valence-corrected chi connectivity index (χ2v) is 10.1. The summed E-state index contributed by atoms with van der Waals surface area (Å²) < 4.78 is 7.90. The number of carbonyl (C=O) groups excluding carboxylic acids is 1. The Morgan fingerprint density at radius 2 is 2.11 bits per heavy atom. The van der Waals surface area contributed by atoms with E-state index in [9.17, 15) is 9.90 Å². The lowest BCUT2D eigenvalue weighted by Gasteiger charge is -2.31. The highest BCUT2D eigenvalue weighted by molar-refractivity contribution is 5.93. The van der Waals surface area contributed by atoms with E-state index in [-0.39, 0.29) is 12.5 Å². The molecule has 1 amide bonds. The van der Waals surface area contributed by atoms with Crippen molar-refractivity contribution in [3.63, 3.8) is 0 Å². The number of aromatic nitrogens is 3. The van der Waals surface area contributed by atoms with Crippen molar-refractivity contribution in [3.05, 3.63) is 70.8 Å². The van der Waals surface area contributed by atoms with Crippen molar-refractivity contribution < 1.29 is 14.6 Å². The van der Waals surface area contributed by atoms with Gasteiger partial charge in [0.05, 0.1) is 11.8 Å². The van der Waals surface area contributed by atoms with E-state index in [1.807, 2.05) is 29.9 Å². The first kappa shape index (κ1) is 25.2. The van der Waals surface area contributed by atoms with Crippen LogP contribution in [0.5, 0.6) is 5.75 Å². The molecule has 1 aliphatic carbocycles. The number of benzene rings is 1. The maximum Gasteiger partial charge on any atom is 0.270 e. The van der Waals surface area contributed by atoms with Crippen molar-refractivity contribution in [2.75, 3.05) is 25.0 Å². The number of hydrogen-bond donors (Lipinski definition) is 3. The molecule has 1 aromatic carbocycles. The zero-order valence-electron chi connectivity index (χ0n) is 21.6. The molecule has 1 aliphatic heterocycles. The number of aryl methyl sites for hydroxylation is 1. The van der Waals surface area contributed by atoms with E-state index >= 15 is 0 Å². The molecule has 0 bridgehead atoms. The van der Waals surface area contributed by atoms with Crippen LogP contribution in [0.2, 0.25) is 0 Å². The van der Waals surface area contributed by atoms with Crippen molar-refractivity contribution in [2.45, 2.75) is 57.9 Å². The molecule has 2 aromatic heterocycles. The summed E-state index contributed by atoms with van der Waals surface area (Å²) in [7, 11) is 1.91. The van der Waals surface area contributed by atoms with Gasteiger partial charge in [0.2, 0.25) is 0 Å². The average Bonchev–Trinajstić information content (AvgIpc) is 3.29. The van der Waals surface area contributed by atoms with Crippen LogP contribution in [0.1, 0.15) is 52.1 Å². The molecule has 0 radical (unpaired) electrons. The minimum atomic E-state index is -0.663. The number of aliphatic hydroxyl groups is 1. The highest BCUT2D eigenvalue weighted by atomic mass is 16.5. The van der Waals surface area contributed by atoms with E-state index in [2.05, 4.69) is 38.6 Å². The maximum absolute atomic E-state index is 12.6. The predicted octanol–water partition coefficient (Wildman–Crippen LogP) is 2.82. The van der Waals surface area contributed by atoms with Crippen LogP contribution in [0.25, 0.3) is 0 Å². The number of rotatable bonds is 10. The van der Waals surface area contributed by atoms with E-state index in [0.29, 0.717) is 24.9 Å². The van der Waals surface area contributed by atoms with Gasteiger partial charge in [-0.05, 0) is 73.6 Å². The van der Waals surface area contributed by atoms with E-state index < -0.39 is 6.10 Å². The summed E-state index contributed by atoms with van der Waals surface area (Å²) in [5.41, 5.74) is 6.06. The lowest BCUT2D eigenvalue weighted by molar-refractivity contribution is 0.0838. The van der Waals surface area contributed by atoms with Gasteiger partial charge in [0.15, 0.2) is 0 Å². The normalized spacial score (nSPS) is 16.5. The predicted molar refractivity (Wildman–Crippen MR) is 142 cm³/mol. The summed E-state index contributed by atoms with van der Waals surface area (Å²) in [4.78, 5) is 19.0. The van der Waals surface area contributed by atoms with Crippen molar-refractivity contribution in [1.29, 1.82) is 0 Å². The summed E-state index contributed by atoms with van der Waals surface area (Å²) in [5.74, 6) is 0.631. The van der Waals surface area contributed by atoms with E-state index in [1.165, 1.54) is 23.1 Å². The standard InChI is InChI=1S/C28H36N6O3/c1-19-25-10-13-34(16-20(25)6-7-27(19)37-18-23-9-12-31-33(23)2)17-24(35)15-30-28(36)26-14-22(8-11-29-26)32-21-4-3-5-21/h6-9,11-12,14,21,24,35H,3-5,10,13,15-18H2,1-2H3,(H,29,32)(H,30,36)/t24-/m0/s1. The number of fused-ring (bicyclic) bond motifs is 1. The molecule has 9 heteroatoms. The van der Waals surface area contributed by atoms with Gasteiger partial charge < -0.3 is 20.5 Å². The molecule has 3 aromatic rings. The molecule has 1 atom stereocenters. The second kappa shape index (κ2) is 11.3. The fourth-order valence-corrected chi connectivity index (χ4v) is 4.98. The molecule has 3 heterocycles. The summed E-state index contributed by atoms with van der Waals surface area (Å²) in [5, 5.41) is 21.1. The Kier molecular flexibility index (Phi) is 7.71. The topological polar surface area (TPSA) is 105 Å². The highest BCUT2D eigenvalue weighted by Crippen LogP contribution is 2.30. The van der Waals surface area contributed by atoms with Crippen LogP contribution in [0.4, 0.5) is 5.69 Å². The van der Waals surface area contributed by atoms with Crippen LogP contribution in [-0.4, -0.2) is 62.5 Å². The van der Waals surface area contributed by atoms with E-state index in [0.717, 1.165) is 49.5 Å². The summed E-state index contributed by atoms with van der Waals surface area (Å²) in [6.45, 7) is 4.89. The molecule has 0 spiro atoms. The summed E-state index contributed by atoms with van der Waals surface area (Å²) in [6, 6.07) is 10.3. The molecule has 0 saturated heterocycles. The Bertz CT molecular complexity index is 1240. The molecule has 196 valence electrons. The van der Waals surface area contributed by atoms with Gasteiger partial charge in [-0.3, -0.25) is 19.4 Å². The minimum absolute atomic E-state index is 0.184. The average molecular weight is 505 g/mol. The third-order valence-corrected chi connectivity index (χ3v) is 7.45. The molecular formula is C28H36N6O3. The van der Waals surface area contributed by atoms with Gasteiger partial charge in [0.25, 0.3) is 5.91 Å². The lowest BCUT2D eigenvalue weighted by atomic mass is 9.93. The van der Waals surface area contributed by atoms with Gasteiger partial charge in [0, 0.05) is 57.3 Å². The summed E-state index contributed by atoms with van der Waals surface area (Å²) in [6.07, 6.45) is 7.23. The number of anilines is 1. The molecule has 1 saturated carbocycles. The Morgan fingerprint density at radius 1 is 1.24 bits per heavy atom. The highest BCUT2D eigenvalue weighted by Gasteiger charge is 2.22. The van der Waals surface area contributed by atoms with Gasteiger partial charge >= 0.3 is 0 Å².